The zero-order chi connectivity index (χ0) is 27.8. The van der Waals surface area contributed by atoms with Gasteiger partial charge in [0.2, 0.25) is 0 Å². The highest BCUT2D eigenvalue weighted by Crippen LogP contribution is 2.45. The number of carbonyl (C=O) groups is 2. The summed E-state index contributed by atoms with van der Waals surface area (Å²) >= 11 is 6.21. The Hall–Kier alpha value is -3.97. The largest absolute Gasteiger partial charge is 0.507 e. The molecule has 1 fully saturated rings. The van der Waals surface area contributed by atoms with Crippen molar-refractivity contribution in [2.24, 2.45) is 0 Å². The van der Waals surface area contributed by atoms with Gasteiger partial charge in [0.1, 0.15) is 11.5 Å². The predicted molar refractivity (Wildman–Crippen MR) is 147 cm³/mol. The first-order chi connectivity index (χ1) is 18.0. The molecular weight excluding hydrogens is 506 g/mol. The minimum Gasteiger partial charge on any atom is -0.507 e. The third-order valence-corrected chi connectivity index (χ3v) is 6.65. The van der Waals surface area contributed by atoms with Crippen molar-refractivity contribution in [2.45, 2.75) is 39.2 Å². The number of hydrogen-bond donors (Lipinski definition) is 2. The Balaban J connectivity index is 1.97. The molecule has 8 heteroatoms. The molecular formula is C30H30ClNO6. The van der Waals surface area contributed by atoms with Crippen LogP contribution in [0.3, 0.4) is 0 Å². The number of nitrogens with zero attached hydrogens (tertiary/aromatic N) is 1. The van der Waals surface area contributed by atoms with Gasteiger partial charge in [0.25, 0.3) is 11.7 Å². The molecule has 3 aromatic carbocycles. The summed E-state index contributed by atoms with van der Waals surface area (Å²) in [6.45, 7) is 8.43. The molecule has 38 heavy (non-hydrogen) atoms. The lowest BCUT2D eigenvalue weighted by atomic mass is 9.84. The summed E-state index contributed by atoms with van der Waals surface area (Å²) in [6.07, 6.45) is 0. The number of hydrogen-bond acceptors (Lipinski definition) is 6. The molecule has 1 heterocycles. The summed E-state index contributed by atoms with van der Waals surface area (Å²) in [5, 5.41) is 22.4. The molecule has 1 aliphatic rings. The minimum absolute atomic E-state index is 0.108. The Labute approximate surface area is 226 Å². The molecule has 1 amide bonds. The van der Waals surface area contributed by atoms with Gasteiger partial charge in [-0.05, 0) is 66.4 Å². The Morgan fingerprint density at radius 1 is 1.03 bits per heavy atom. The molecule has 4 rings (SSSR count). The van der Waals surface area contributed by atoms with Gasteiger partial charge in [-0.25, -0.2) is 0 Å². The van der Waals surface area contributed by atoms with Crippen molar-refractivity contribution in [3.63, 3.8) is 0 Å². The maximum atomic E-state index is 13.5. The smallest absolute Gasteiger partial charge is 0.300 e. The number of ether oxygens (including phenoxy) is 2. The molecule has 0 aliphatic carbocycles. The summed E-state index contributed by atoms with van der Waals surface area (Å²) in [5.41, 5.74) is 1.56. The number of carbonyl (C=O) groups excluding carboxylic acids is 2. The number of phenolic OH excluding ortho intramolecular Hbond substituents is 1. The van der Waals surface area contributed by atoms with Crippen LogP contribution in [0, 0.1) is 0 Å². The van der Waals surface area contributed by atoms with Crippen molar-refractivity contribution in [3.8, 4) is 17.2 Å². The summed E-state index contributed by atoms with van der Waals surface area (Å²) in [6, 6.07) is 15.3. The molecule has 0 saturated carbocycles. The fraction of sp³-hybridized carbons (Fsp3) is 0.267. The van der Waals surface area contributed by atoms with Gasteiger partial charge in [0, 0.05) is 21.8 Å². The van der Waals surface area contributed by atoms with E-state index in [1.165, 1.54) is 24.1 Å². The predicted octanol–water partition coefficient (Wildman–Crippen LogP) is 6.38. The zero-order valence-electron chi connectivity index (χ0n) is 21.9. The van der Waals surface area contributed by atoms with Gasteiger partial charge in [-0.2, -0.15) is 0 Å². The van der Waals surface area contributed by atoms with E-state index in [4.69, 9.17) is 21.1 Å². The molecule has 1 atom stereocenters. The van der Waals surface area contributed by atoms with Crippen LogP contribution in [0.2, 0.25) is 5.02 Å². The fourth-order valence-corrected chi connectivity index (χ4v) is 4.80. The second kappa shape index (κ2) is 10.4. The quantitative estimate of drug-likeness (QED) is 0.216. The molecule has 198 valence electrons. The van der Waals surface area contributed by atoms with Crippen LogP contribution >= 0.6 is 11.6 Å². The molecule has 1 aliphatic heterocycles. The minimum atomic E-state index is -1.03. The van der Waals surface area contributed by atoms with Gasteiger partial charge in [0.15, 0.2) is 11.5 Å². The number of aliphatic hydroxyl groups is 1. The fourth-order valence-electron chi connectivity index (χ4n) is 4.62. The first kappa shape index (κ1) is 27.1. The molecule has 0 radical (unpaired) electrons. The highest BCUT2D eigenvalue weighted by atomic mass is 35.5. The lowest BCUT2D eigenvalue weighted by molar-refractivity contribution is -0.132. The average molecular weight is 536 g/mol. The topological polar surface area (TPSA) is 96.3 Å². The van der Waals surface area contributed by atoms with E-state index in [2.05, 4.69) is 0 Å². The molecule has 3 aromatic rings. The van der Waals surface area contributed by atoms with Crippen molar-refractivity contribution in [1.82, 2.24) is 0 Å². The van der Waals surface area contributed by atoms with Gasteiger partial charge in [-0.15, -0.1) is 0 Å². The molecule has 0 aromatic heterocycles. The van der Waals surface area contributed by atoms with E-state index >= 15 is 0 Å². The van der Waals surface area contributed by atoms with Crippen LogP contribution < -0.4 is 14.4 Å². The van der Waals surface area contributed by atoms with Crippen LogP contribution in [-0.4, -0.2) is 35.6 Å². The zero-order valence-corrected chi connectivity index (χ0v) is 22.7. The van der Waals surface area contributed by atoms with Crippen molar-refractivity contribution < 1.29 is 29.3 Å². The molecule has 2 N–H and O–H groups in total. The second-order valence-electron chi connectivity index (χ2n) is 9.97. The van der Waals surface area contributed by atoms with Crippen LogP contribution in [0.4, 0.5) is 5.69 Å². The number of ketones is 1. The first-order valence-corrected chi connectivity index (χ1v) is 12.6. The summed E-state index contributed by atoms with van der Waals surface area (Å²) in [7, 11) is 1.42. The van der Waals surface area contributed by atoms with E-state index in [1.54, 1.807) is 48.5 Å². The van der Waals surface area contributed by atoms with E-state index in [0.717, 1.165) is 5.56 Å². The van der Waals surface area contributed by atoms with E-state index in [0.29, 0.717) is 34.2 Å². The molecule has 1 saturated heterocycles. The lowest BCUT2D eigenvalue weighted by Gasteiger charge is -2.26. The number of phenols is 1. The van der Waals surface area contributed by atoms with E-state index in [1.807, 2.05) is 27.7 Å². The van der Waals surface area contributed by atoms with Crippen molar-refractivity contribution >= 4 is 34.7 Å². The maximum absolute atomic E-state index is 13.5. The average Bonchev–Trinajstić information content (AvgIpc) is 3.13. The van der Waals surface area contributed by atoms with E-state index in [-0.39, 0.29) is 28.2 Å². The normalized spacial score (nSPS) is 17.1. The number of aliphatic hydroxyl groups excluding tert-OH is 1. The molecule has 7 nitrogen and oxygen atoms in total. The molecule has 1 unspecified atom stereocenters. The van der Waals surface area contributed by atoms with Crippen LogP contribution in [0.5, 0.6) is 17.2 Å². The summed E-state index contributed by atoms with van der Waals surface area (Å²) in [4.78, 5) is 28.2. The van der Waals surface area contributed by atoms with Crippen molar-refractivity contribution in [3.05, 3.63) is 87.9 Å². The van der Waals surface area contributed by atoms with E-state index < -0.39 is 17.7 Å². The third kappa shape index (κ3) is 4.94. The number of amides is 1. The Morgan fingerprint density at radius 3 is 2.34 bits per heavy atom. The number of methoxy groups -OCH3 is 1. The van der Waals surface area contributed by atoms with Gasteiger partial charge in [-0.1, -0.05) is 44.5 Å². The van der Waals surface area contributed by atoms with E-state index in [9.17, 15) is 19.8 Å². The third-order valence-electron chi connectivity index (χ3n) is 6.41. The van der Waals surface area contributed by atoms with Crippen LogP contribution in [0.1, 0.15) is 50.4 Å². The standard InChI is InChI=1S/C30H30ClNO6/c1-6-38-23-12-11-18(14-21(23)30(2,3)4)27(34)25-26(17-10-13-24(37-5)22(33)15-17)32(29(36)28(25)35)20-9-7-8-19(31)16-20/h7-16,26,33-34H,6H2,1-5H3/b27-25-. The first-order valence-electron chi connectivity index (χ1n) is 12.2. The van der Waals surface area contributed by atoms with Crippen LogP contribution in [-0.2, 0) is 15.0 Å². The monoisotopic (exact) mass is 535 g/mol. The number of anilines is 1. The molecule has 0 spiro atoms. The van der Waals surface area contributed by atoms with Crippen molar-refractivity contribution in [1.29, 1.82) is 0 Å². The number of rotatable bonds is 6. The van der Waals surface area contributed by atoms with Crippen LogP contribution in [0.15, 0.2) is 66.2 Å². The number of aromatic hydroxyl groups is 1. The number of benzene rings is 3. The Morgan fingerprint density at radius 2 is 1.74 bits per heavy atom. The number of halogens is 1. The summed E-state index contributed by atoms with van der Waals surface area (Å²) in [5.74, 6) is -1.27. The van der Waals surface area contributed by atoms with Crippen LogP contribution in [0.25, 0.3) is 5.76 Å². The van der Waals surface area contributed by atoms with Gasteiger partial charge in [-0.3, -0.25) is 14.5 Å². The van der Waals surface area contributed by atoms with Gasteiger partial charge < -0.3 is 19.7 Å². The van der Waals surface area contributed by atoms with Gasteiger partial charge in [0.05, 0.1) is 25.3 Å². The Kier molecular flexibility index (Phi) is 7.42. The number of Topliss-reactive ketones (excluding diaryl/α,β-unsaturated/α-hetero) is 1. The highest BCUT2D eigenvalue weighted by Gasteiger charge is 2.47. The van der Waals surface area contributed by atoms with Gasteiger partial charge >= 0.3 is 0 Å². The Bertz CT molecular complexity index is 1440. The molecule has 0 bridgehead atoms. The highest BCUT2D eigenvalue weighted by molar-refractivity contribution is 6.51. The SMILES string of the molecule is CCOc1ccc(/C(O)=C2/C(=O)C(=O)N(c3cccc(Cl)c3)C2c2ccc(OC)c(O)c2)cc1C(C)(C)C. The maximum Gasteiger partial charge on any atom is 0.300 e. The van der Waals surface area contributed by atoms with Crippen molar-refractivity contribution in [2.75, 3.05) is 18.6 Å². The summed E-state index contributed by atoms with van der Waals surface area (Å²) < 4.78 is 11.0. The second-order valence-corrected chi connectivity index (χ2v) is 10.4. The lowest BCUT2D eigenvalue weighted by Crippen LogP contribution is -2.29.